The third-order valence-corrected chi connectivity index (χ3v) is 3.61. The van der Waals surface area contributed by atoms with Gasteiger partial charge in [0.25, 0.3) is 0 Å². The van der Waals surface area contributed by atoms with Crippen molar-refractivity contribution in [3.63, 3.8) is 0 Å². The lowest BCUT2D eigenvalue weighted by molar-refractivity contribution is 0.481. The van der Waals surface area contributed by atoms with Crippen LogP contribution >= 0.6 is 15.9 Å². The molecule has 0 aliphatic heterocycles. The summed E-state index contributed by atoms with van der Waals surface area (Å²) < 4.78 is 6.47. The first kappa shape index (κ1) is 9.28. The van der Waals surface area contributed by atoms with Crippen LogP contribution in [0.25, 0.3) is 0 Å². The first-order valence-corrected chi connectivity index (χ1v) is 5.30. The van der Waals surface area contributed by atoms with Crippen LogP contribution in [0.2, 0.25) is 0 Å². The first-order chi connectivity index (χ1) is 6.07. The molecule has 2 atom stereocenters. The lowest BCUT2D eigenvalue weighted by atomic mass is 10.1. The van der Waals surface area contributed by atoms with E-state index >= 15 is 0 Å². The standard InChI is InChI=1S/C10H14BrNO/c1-10(2)7(4-12)9(10)8-3-6(11)5-13-8/h3,5,7,9H,4,12H2,1-2H3. The van der Waals surface area contributed by atoms with E-state index in [4.69, 9.17) is 10.2 Å². The van der Waals surface area contributed by atoms with E-state index in [9.17, 15) is 0 Å². The molecule has 1 heterocycles. The van der Waals surface area contributed by atoms with E-state index in [1.54, 1.807) is 6.26 Å². The van der Waals surface area contributed by atoms with Crippen molar-refractivity contribution in [2.45, 2.75) is 19.8 Å². The zero-order valence-electron chi connectivity index (χ0n) is 7.88. The Labute approximate surface area is 86.6 Å². The van der Waals surface area contributed by atoms with Crippen molar-refractivity contribution in [1.29, 1.82) is 0 Å². The molecule has 1 aromatic heterocycles. The second-order valence-electron chi connectivity index (χ2n) is 4.31. The second kappa shape index (κ2) is 2.85. The molecule has 1 saturated carbocycles. The van der Waals surface area contributed by atoms with Crippen LogP contribution in [0.15, 0.2) is 21.2 Å². The van der Waals surface area contributed by atoms with Crippen molar-refractivity contribution in [2.75, 3.05) is 6.54 Å². The normalized spacial score (nSPS) is 30.5. The van der Waals surface area contributed by atoms with Crippen molar-refractivity contribution in [1.82, 2.24) is 0 Å². The number of nitrogens with two attached hydrogens (primary N) is 1. The van der Waals surface area contributed by atoms with E-state index < -0.39 is 0 Å². The molecule has 1 aliphatic carbocycles. The van der Waals surface area contributed by atoms with Gasteiger partial charge >= 0.3 is 0 Å². The van der Waals surface area contributed by atoms with Crippen molar-refractivity contribution >= 4 is 15.9 Å². The third-order valence-electron chi connectivity index (χ3n) is 3.20. The predicted molar refractivity (Wildman–Crippen MR) is 55.5 cm³/mol. The highest BCUT2D eigenvalue weighted by Gasteiger charge is 2.58. The van der Waals surface area contributed by atoms with Crippen LogP contribution in [0.5, 0.6) is 0 Å². The molecular formula is C10H14BrNO. The van der Waals surface area contributed by atoms with Gasteiger partial charge in [0.2, 0.25) is 0 Å². The average Bonchev–Trinajstić information content (AvgIpc) is 2.41. The predicted octanol–water partition coefficient (Wildman–Crippen LogP) is 2.74. The van der Waals surface area contributed by atoms with Gasteiger partial charge in [-0.3, -0.25) is 0 Å². The van der Waals surface area contributed by atoms with E-state index in [1.165, 1.54) is 0 Å². The Bertz CT molecular complexity index is 318. The van der Waals surface area contributed by atoms with Crippen molar-refractivity contribution < 1.29 is 4.42 Å². The third kappa shape index (κ3) is 1.34. The second-order valence-corrected chi connectivity index (χ2v) is 5.22. The molecule has 0 spiro atoms. The molecule has 2 unspecified atom stereocenters. The number of hydrogen-bond donors (Lipinski definition) is 1. The largest absolute Gasteiger partial charge is 0.468 e. The SMILES string of the molecule is CC1(C)C(CN)C1c1cc(Br)co1. The molecule has 2 N–H and O–H groups in total. The van der Waals surface area contributed by atoms with E-state index in [0.29, 0.717) is 17.3 Å². The van der Waals surface area contributed by atoms with Gasteiger partial charge in [-0.2, -0.15) is 0 Å². The fourth-order valence-electron chi connectivity index (χ4n) is 2.24. The molecule has 1 aliphatic rings. The van der Waals surface area contributed by atoms with E-state index in [1.807, 2.05) is 6.07 Å². The van der Waals surface area contributed by atoms with Gasteiger partial charge in [0.05, 0.1) is 4.47 Å². The molecule has 1 aromatic rings. The Morgan fingerprint density at radius 2 is 2.31 bits per heavy atom. The molecule has 2 nitrogen and oxygen atoms in total. The quantitative estimate of drug-likeness (QED) is 0.868. The number of furan rings is 1. The summed E-state index contributed by atoms with van der Waals surface area (Å²) in [7, 11) is 0. The van der Waals surface area contributed by atoms with Gasteiger partial charge in [0.1, 0.15) is 12.0 Å². The highest BCUT2D eigenvalue weighted by Crippen LogP contribution is 2.64. The Morgan fingerprint density at radius 1 is 1.62 bits per heavy atom. The van der Waals surface area contributed by atoms with Gasteiger partial charge in [-0.15, -0.1) is 0 Å². The summed E-state index contributed by atoms with van der Waals surface area (Å²) >= 11 is 3.38. The monoisotopic (exact) mass is 243 g/mol. The number of halogens is 1. The van der Waals surface area contributed by atoms with Crippen LogP contribution in [-0.2, 0) is 0 Å². The highest BCUT2D eigenvalue weighted by molar-refractivity contribution is 9.10. The fraction of sp³-hybridized carbons (Fsp3) is 0.600. The Balaban J connectivity index is 2.21. The minimum Gasteiger partial charge on any atom is -0.468 e. The summed E-state index contributed by atoms with van der Waals surface area (Å²) in [5.74, 6) is 2.14. The van der Waals surface area contributed by atoms with Gasteiger partial charge < -0.3 is 10.2 Å². The van der Waals surface area contributed by atoms with Gasteiger partial charge in [0, 0.05) is 5.92 Å². The van der Waals surface area contributed by atoms with Crippen molar-refractivity contribution in [3.8, 4) is 0 Å². The summed E-state index contributed by atoms with van der Waals surface area (Å²) in [6.07, 6.45) is 1.73. The van der Waals surface area contributed by atoms with E-state index in [-0.39, 0.29) is 0 Å². The molecule has 0 saturated heterocycles. The summed E-state index contributed by atoms with van der Waals surface area (Å²) in [5.41, 5.74) is 6.00. The molecule has 0 radical (unpaired) electrons. The minimum atomic E-state index is 0.312. The zero-order valence-corrected chi connectivity index (χ0v) is 9.47. The molecule has 3 heteroatoms. The smallest absolute Gasteiger partial charge is 0.108 e. The molecule has 72 valence electrons. The maximum Gasteiger partial charge on any atom is 0.108 e. The van der Waals surface area contributed by atoms with E-state index in [0.717, 1.165) is 16.8 Å². The van der Waals surface area contributed by atoms with Gasteiger partial charge in [-0.05, 0) is 39.9 Å². The van der Waals surface area contributed by atoms with Crippen molar-refractivity contribution in [3.05, 3.63) is 22.6 Å². The Kier molecular flexibility index (Phi) is 2.04. The molecule has 13 heavy (non-hydrogen) atoms. The molecule has 0 bridgehead atoms. The lowest BCUT2D eigenvalue weighted by Crippen LogP contribution is -2.05. The van der Waals surface area contributed by atoms with Crippen LogP contribution in [-0.4, -0.2) is 6.54 Å². The maximum absolute atomic E-state index is 5.69. The summed E-state index contributed by atoms with van der Waals surface area (Å²) in [4.78, 5) is 0. The van der Waals surface area contributed by atoms with Crippen LogP contribution < -0.4 is 5.73 Å². The van der Waals surface area contributed by atoms with Crippen LogP contribution in [0, 0.1) is 11.3 Å². The van der Waals surface area contributed by atoms with Crippen molar-refractivity contribution in [2.24, 2.45) is 17.1 Å². The number of hydrogen-bond acceptors (Lipinski definition) is 2. The van der Waals surface area contributed by atoms with Gasteiger partial charge in [0.15, 0.2) is 0 Å². The van der Waals surface area contributed by atoms with Gasteiger partial charge in [-0.1, -0.05) is 13.8 Å². The van der Waals surface area contributed by atoms with Gasteiger partial charge in [-0.25, -0.2) is 0 Å². The molecular weight excluding hydrogens is 230 g/mol. The highest BCUT2D eigenvalue weighted by atomic mass is 79.9. The topological polar surface area (TPSA) is 39.2 Å². The molecule has 1 fully saturated rings. The maximum atomic E-state index is 5.69. The Morgan fingerprint density at radius 3 is 2.69 bits per heavy atom. The van der Waals surface area contributed by atoms with Crippen LogP contribution in [0.1, 0.15) is 25.5 Å². The first-order valence-electron chi connectivity index (χ1n) is 4.51. The summed E-state index contributed by atoms with van der Waals surface area (Å²) in [6.45, 7) is 5.23. The molecule has 0 aromatic carbocycles. The van der Waals surface area contributed by atoms with E-state index in [2.05, 4.69) is 29.8 Å². The zero-order chi connectivity index (χ0) is 9.64. The molecule has 0 amide bonds. The molecule has 2 rings (SSSR count). The number of rotatable bonds is 2. The Hall–Kier alpha value is -0.280. The van der Waals surface area contributed by atoms with Crippen LogP contribution in [0.4, 0.5) is 0 Å². The van der Waals surface area contributed by atoms with Crippen LogP contribution in [0.3, 0.4) is 0 Å². The minimum absolute atomic E-state index is 0.312. The summed E-state index contributed by atoms with van der Waals surface area (Å²) in [5, 5.41) is 0. The fourth-order valence-corrected chi connectivity index (χ4v) is 2.56. The summed E-state index contributed by atoms with van der Waals surface area (Å²) in [6, 6.07) is 2.04. The lowest BCUT2D eigenvalue weighted by Gasteiger charge is -1.98. The average molecular weight is 244 g/mol.